The zero-order valence-electron chi connectivity index (χ0n) is 13.2. The van der Waals surface area contributed by atoms with Crippen LogP contribution >= 0.6 is 0 Å². The second-order valence-corrected chi connectivity index (χ2v) is 6.04. The molecule has 3 N–H and O–H groups in total. The van der Waals surface area contributed by atoms with Crippen molar-refractivity contribution in [2.45, 2.75) is 45.6 Å². The van der Waals surface area contributed by atoms with Crippen LogP contribution in [0.1, 0.15) is 36.8 Å². The normalized spacial score (nSPS) is 19.5. The maximum absolute atomic E-state index is 12.2. The third kappa shape index (κ3) is 4.55. The molecule has 0 saturated carbocycles. The standard InChI is InChI=1S/C17H27N3O/c1-13-6-7-15(11-14(13)2)19-17(21)12-20-10-4-3-5-16(20)8-9-18/h6-7,11,16H,3-5,8-10,12,18H2,1-2H3,(H,19,21). The fourth-order valence-electron chi connectivity index (χ4n) is 2.99. The molecule has 1 heterocycles. The smallest absolute Gasteiger partial charge is 0.238 e. The number of hydrogen-bond donors (Lipinski definition) is 2. The van der Waals surface area contributed by atoms with E-state index in [1.54, 1.807) is 0 Å². The molecule has 1 aliphatic rings. The maximum atomic E-state index is 12.2. The van der Waals surface area contributed by atoms with E-state index < -0.39 is 0 Å². The summed E-state index contributed by atoms with van der Waals surface area (Å²) in [5.41, 5.74) is 9.01. The van der Waals surface area contributed by atoms with Crippen LogP contribution in [0.5, 0.6) is 0 Å². The van der Waals surface area contributed by atoms with Gasteiger partial charge in [-0.05, 0) is 69.5 Å². The number of aryl methyl sites for hydroxylation is 2. The first-order chi connectivity index (χ1) is 10.1. The lowest BCUT2D eigenvalue weighted by molar-refractivity contribution is -0.118. The van der Waals surface area contributed by atoms with Gasteiger partial charge >= 0.3 is 0 Å². The third-order valence-corrected chi connectivity index (χ3v) is 4.39. The number of benzene rings is 1. The van der Waals surface area contributed by atoms with E-state index in [1.807, 2.05) is 18.2 Å². The molecular formula is C17H27N3O. The molecule has 0 spiro atoms. The predicted octanol–water partition coefficient (Wildman–Crippen LogP) is 2.45. The molecular weight excluding hydrogens is 262 g/mol. The molecule has 1 unspecified atom stereocenters. The Morgan fingerprint density at radius 3 is 2.86 bits per heavy atom. The number of carbonyl (C=O) groups is 1. The lowest BCUT2D eigenvalue weighted by Gasteiger charge is -2.35. The highest BCUT2D eigenvalue weighted by molar-refractivity contribution is 5.92. The topological polar surface area (TPSA) is 58.4 Å². The average molecular weight is 289 g/mol. The first kappa shape index (κ1) is 16.0. The molecule has 0 aliphatic carbocycles. The number of piperidine rings is 1. The Morgan fingerprint density at radius 1 is 1.33 bits per heavy atom. The highest BCUT2D eigenvalue weighted by Gasteiger charge is 2.23. The number of nitrogens with one attached hydrogen (secondary N) is 1. The minimum Gasteiger partial charge on any atom is -0.330 e. The first-order valence-corrected chi connectivity index (χ1v) is 7.91. The lowest BCUT2D eigenvalue weighted by Crippen LogP contribution is -2.44. The fourth-order valence-corrected chi connectivity index (χ4v) is 2.99. The van der Waals surface area contributed by atoms with E-state index in [0.29, 0.717) is 19.1 Å². The number of rotatable bonds is 5. The Hall–Kier alpha value is -1.39. The molecule has 1 aliphatic heterocycles. The first-order valence-electron chi connectivity index (χ1n) is 7.91. The molecule has 21 heavy (non-hydrogen) atoms. The minimum absolute atomic E-state index is 0.0715. The molecule has 4 heteroatoms. The van der Waals surface area contributed by atoms with Crippen LogP contribution in [0.3, 0.4) is 0 Å². The van der Waals surface area contributed by atoms with Crippen LogP contribution in [0.25, 0.3) is 0 Å². The Labute approximate surface area is 127 Å². The highest BCUT2D eigenvalue weighted by atomic mass is 16.2. The molecule has 1 saturated heterocycles. The molecule has 116 valence electrons. The monoisotopic (exact) mass is 289 g/mol. The van der Waals surface area contributed by atoms with Gasteiger partial charge in [0.05, 0.1) is 6.54 Å². The summed E-state index contributed by atoms with van der Waals surface area (Å²) < 4.78 is 0. The number of anilines is 1. The SMILES string of the molecule is Cc1ccc(NC(=O)CN2CCCCC2CCN)cc1C. The van der Waals surface area contributed by atoms with E-state index in [2.05, 4.69) is 24.1 Å². The van der Waals surface area contributed by atoms with Crippen LogP contribution in [0.4, 0.5) is 5.69 Å². The number of likely N-dealkylation sites (tertiary alicyclic amines) is 1. The molecule has 1 atom stereocenters. The van der Waals surface area contributed by atoms with Crippen molar-refractivity contribution in [1.82, 2.24) is 4.90 Å². The van der Waals surface area contributed by atoms with Crippen molar-refractivity contribution in [2.75, 3.05) is 25.0 Å². The van der Waals surface area contributed by atoms with E-state index in [9.17, 15) is 4.79 Å². The van der Waals surface area contributed by atoms with Crippen LogP contribution in [0.15, 0.2) is 18.2 Å². The van der Waals surface area contributed by atoms with Gasteiger partial charge in [0.2, 0.25) is 5.91 Å². The van der Waals surface area contributed by atoms with Crippen LogP contribution in [0.2, 0.25) is 0 Å². The Balaban J connectivity index is 1.92. The summed E-state index contributed by atoms with van der Waals surface area (Å²) in [7, 11) is 0. The number of hydrogen-bond acceptors (Lipinski definition) is 3. The van der Waals surface area contributed by atoms with Crippen molar-refractivity contribution in [3.05, 3.63) is 29.3 Å². The quantitative estimate of drug-likeness (QED) is 0.875. The van der Waals surface area contributed by atoms with Crippen molar-refractivity contribution < 1.29 is 4.79 Å². The number of nitrogens with zero attached hydrogens (tertiary/aromatic N) is 1. The van der Waals surface area contributed by atoms with Gasteiger partial charge in [-0.15, -0.1) is 0 Å². The van der Waals surface area contributed by atoms with Gasteiger partial charge in [0.15, 0.2) is 0 Å². The molecule has 1 aromatic rings. The zero-order valence-corrected chi connectivity index (χ0v) is 13.2. The zero-order chi connectivity index (χ0) is 15.2. The Kier molecular flexibility index (Phi) is 5.76. The van der Waals surface area contributed by atoms with E-state index in [4.69, 9.17) is 5.73 Å². The summed E-state index contributed by atoms with van der Waals surface area (Å²) in [6.45, 7) is 6.31. The average Bonchev–Trinajstić information content (AvgIpc) is 2.45. The van der Waals surface area contributed by atoms with E-state index in [1.165, 1.54) is 24.0 Å². The van der Waals surface area contributed by atoms with Gasteiger partial charge in [-0.1, -0.05) is 12.5 Å². The predicted molar refractivity (Wildman–Crippen MR) is 87.4 cm³/mol. The van der Waals surface area contributed by atoms with Crippen molar-refractivity contribution in [3.8, 4) is 0 Å². The van der Waals surface area contributed by atoms with Crippen molar-refractivity contribution in [1.29, 1.82) is 0 Å². The summed E-state index contributed by atoms with van der Waals surface area (Å²) in [6.07, 6.45) is 4.57. The molecule has 4 nitrogen and oxygen atoms in total. The van der Waals surface area contributed by atoms with Gasteiger partial charge < -0.3 is 11.1 Å². The van der Waals surface area contributed by atoms with Crippen LogP contribution in [-0.4, -0.2) is 36.5 Å². The van der Waals surface area contributed by atoms with Gasteiger partial charge in [0, 0.05) is 11.7 Å². The van der Waals surface area contributed by atoms with E-state index >= 15 is 0 Å². The minimum atomic E-state index is 0.0715. The summed E-state index contributed by atoms with van der Waals surface area (Å²) in [5, 5.41) is 3.01. The molecule has 0 aromatic heterocycles. The third-order valence-electron chi connectivity index (χ3n) is 4.39. The number of carbonyl (C=O) groups excluding carboxylic acids is 1. The molecule has 0 bridgehead atoms. The molecule has 1 fully saturated rings. The molecule has 0 radical (unpaired) electrons. The van der Waals surface area contributed by atoms with Crippen LogP contribution in [-0.2, 0) is 4.79 Å². The van der Waals surface area contributed by atoms with Crippen molar-refractivity contribution in [3.63, 3.8) is 0 Å². The summed E-state index contributed by atoms with van der Waals surface area (Å²) in [4.78, 5) is 14.5. The van der Waals surface area contributed by atoms with Crippen molar-refractivity contribution >= 4 is 11.6 Å². The van der Waals surface area contributed by atoms with Gasteiger partial charge in [-0.25, -0.2) is 0 Å². The molecule has 1 aromatic carbocycles. The summed E-state index contributed by atoms with van der Waals surface area (Å²) in [5.74, 6) is 0.0715. The van der Waals surface area contributed by atoms with Crippen molar-refractivity contribution in [2.24, 2.45) is 5.73 Å². The second-order valence-electron chi connectivity index (χ2n) is 6.04. The summed E-state index contributed by atoms with van der Waals surface area (Å²) in [6, 6.07) is 6.51. The second kappa shape index (κ2) is 7.57. The highest BCUT2D eigenvalue weighted by Crippen LogP contribution is 2.19. The number of nitrogens with two attached hydrogens (primary N) is 1. The number of amides is 1. The molecule has 2 rings (SSSR count). The lowest BCUT2D eigenvalue weighted by atomic mass is 9.99. The van der Waals surface area contributed by atoms with E-state index in [-0.39, 0.29) is 5.91 Å². The van der Waals surface area contributed by atoms with E-state index in [0.717, 1.165) is 25.1 Å². The van der Waals surface area contributed by atoms with Gasteiger partial charge in [-0.2, -0.15) is 0 Å². The van der Waals surface area contributed by atoms with Crippen LogP contribution < -0.4 is 11.1 Å². The Bertz CT molecular complexity index is 485. The fraction of sp³-hybridized carbons (Fsp3) is 0.588. The van der Waals surface area contributed by atoms with Crippen LogP contribution in [0, 0.1) is 13.8 Å². The molecule has 1 amide bonds. The van der Waals surface area contributed by atoms with Gasteiger partial charge in [0.25, 0.3) is 0 Å². The largest absolute Gasteiger partial charge is 0.330 e. The summed E-state index contributed by atoms with van der Waals surface area (Å²) >= 11 is 0. The van der Waals surface area contributed by atoms with Gasteiger partial charge in [-0.3, -0.25) is 9.69 Å². The van der Waals surface area contributed by atoms with Gasteiger partial charge in [0.1, 0.15) is 0 Å². The Morgan fingerprint density at radius 2 is 2.14 bits per heavy atom. The maximum Gasteiger partial charge on any atom is 0.238 e.